The van der Waals surface area contributed by atoms with E-state index in [-0.39, 0.29) is 16.8 Å². The zero-order chi connectivity index (χ0) is 17.3. The number of fused-ring (bicyclic) bond motifs is 1. The number of hydrogen-bond donors (Lipinski definition) is 1. The second kappa shape index (κ2) is 6.23. The number of halogens is 1. The number of aromatic nitrogens is 1. The van der Waals surface area contributed by atoms with Crippen molar-refractivity contribution in [3.05, 3.63) is 59.5 Å². The maximum Gasteiger partial charge on any atom is 0.340 e. The van der Waals surface area contributed by atoms with Crippen LogP contribution in [-0.2, 0) is 11.3 Å². The molecule has 5 nitrogen and oxygen atoms in total. The van der Waals surface area contributed by atoms with E-state index < -0.39 is 11.8 Å². The number of esters is 1. The Morgan fingerprint density at radius 2 is 1.83 bits per heavy atom. The van der Waals surface area contributed by atoms with E-state index in [1.165, 1.54) is 30.0 Å². The smallest absolute Gasteiger partial charge is 0.340 e. The molecule has 0 amide bonds. The topological polar surface area (TPSA) is 60.7 Å². The third-order valence-electron chi connectivity index (χ3n) is 3.89. The molecule has 24 heavy (non-hydrogen) atoms. The fourth-order valence-corrected chi connectivity index (χ4v) is 2.60. The van der Waals surface area contributed by atoms with Crippen molar-refractivity contribution in [2.45, 2.75) is 6.54 Å². The van der Waals surface area contributed by atoms with Crippen molar-refractivity contribution in [2.75, 3.05) is 14.2 Å². The molecular formula is C18H16FNO4. The summed E-state index contributed by atoms with van der Waals surface area (Å²) in [5.41, 5.74) is 0.756. The van der Waals surface area contributed by atoms with Crippen LogP contribution in [0, 0.1) is 5.82 Å². The summed E-state index contributed by atoms with van der Waals surface area (Å²) in [5, 5.41) is 10.8. The van der Waals surface area contributed by atoms with E-state index >= 15 is 0 Å². The van der Waals surface area contributed by atoms with Crippen molar-refractivity contribution < 1.29 is 23.8 Å². The predicted octanol–water partition coefficient (Wildman–Crippen LogP) is 3.33. The number of methoxy groups -OCH3 is 2. The van der Waals surface area contributed by atoms with Crippen molar-refractivity contribution >= 4 is 16.7 Å². The van der Waals surface area contributed by atoms with Gasteiger partial charge in [0.1, 0.15) is 11.6 Å². The van der Waals surface area contributed by atoms with E-state index in [9.17, 15) is 14.3 Å². The van der Waals surface area contributed by atoms with Crippen molar-refractivity contribution in [3.63, 3.8) is 0 Å². The number of rotatable bonds is 4. The molecule has 0 aliphatic rings. The number of ether oxygens (including phenoxy) is 2. The highest BCUT2D eigenvalue weighted by Crippen LogP contribution is 2.31. The van der Waals surface area contributed by atoms with Crippen LogP contribution in [0.25, 0.3) is 10.8 Å². The monoisotopic (exact) mass is 329 g/mol. The zero-order valence-corrected chi connectivity index (χ0v) is 13.2. The normalized spacial score (nSPS) is 10.8. The maximum absolute atomic E-state index is 14.5. The minimum atomic E-state index is -0.753. The highest BCUT2D eigenvalue weighted by Gasteiger charge is 2.19. The highest BCUT2D eigenvalue weighted by atomic mass is 19.1. The molecule has 0 radical (unpaired) electrons. The SMILES string of the molecule is COC(=O)c1ccc2c(O)n(Cc3ccc(OC)cc3)cc2c1F. The lowest BCUT2D eigenvalue weighted by Crippen LogP contribution is -2.04. The molecular weight excluding hydrogens is 313 g/mol. The van der Waals surface area contributed by atoms with Gasteiger partial charge in [-0.15, -0.1) is 0 Å². The number of nitrogens with zero attached hydrogens (tertiary/aromatic N) is 1. The van der Waals surface area contributed by atoms with Gasteiger partial charge in [-0.3, -0.25) is 0 Å². The minimum Gasteiger partial charge on any atom is -0.497 e. The van der Waals surface area contributed by atoms with Gasteiger partial charge in [-0.1, -0.05) is 12.1 Å². The molecule has 1 aromatic heterocycles. The van der Waals surface area contributed by atoms with Gasteiger partial charge in [0.2, 0.25) is 0 Å². The van der Waals surface area contributed by atoms with E-state index in [4.69, 9.17) is 4.74 Å². The molecule has 0 aliphatic heterocycles. The molecule has 0 spiro atoms. The number of carbonyl (C=O) groups is 1. The first-order chi connectivity index (χ1) is 11.5. The summed E-state index contributed by atoms with van der Waals surface area (Å²) in [5.74, 6) is -0.787. The summed E-state index contributed by atoms with van der Waals surface area (Å²) in [6, 6.07) is 10.2. The highest BCUT2D eigenvalue weighted by molar-refractivity contribution is 5.97. The lowest BCUT2D eigenvalue weighted by Gasteiger charge is -2.06. The average Bonchev–Trinajstić information content (AvgIpc) is 2.92. The van der Waals surface area contributed by atoms with E-state index in [0.717, 1.165) is 11.3 Å². The van der Waals surface area contributed by atoms with Crippen LogP contribution in [0.5, 0.6) is 11.6 Å². The third kappa shape index (κ3) is 2.67. The first-order valence-corrected chi connectivity index (χ1v) is 7.26. The molecule has 0 aliphatic carbocycles. The van der Waals surface area contributed by atoms with Gasteiger partial charge in [0.05, 0.1) is 26.3 Å². The second-order valence-electron chi connectivity index (χ2n) is 5.31. The minimum absolute atomic E-state index is 0.0591. The molecule has 0 bridgehead atoms. The molecule has 2 aromatic carbocycles. The Balaban J connectivity index is 2.01. The van der Waals surface area contributed by atoms with Crippen LogP contribution in [0.2, 0.25) is 0 Å². The molecule has 0 fully saturated rings. The van der Waals surface area contributed by atoms with Gasteiger partial charge in [0, 0.05) is 17.0 Å². The zero-order valence-electron chi connectivity index (χ0n) is 13.2. The standard InChI is InChI=1S/C18H16FNO4/c1-23-12-5-3-11(4-6-12)9-20-10-15-13(17(20)21)7-8-14(16(15)19)18(22)24-2/h3-8,10,21H,9H2,1-2H3. The molecule has 124 valence electrons. The lowest BCUT2D eigenvalue weighted by atomic mass is 10.1. The molecule has 0 atom stereocenters. The largest absolute Gasteiger partial charge is 0.497 e. The van der Waals surface area contributed by atoms with Gasteiger partial charge >= 0.3 is 5.97 Å². The molecule has 1 heterocycles. The Labute approximate surface area is 137 Å². The van der Waals surface area contributed by atoms with E-state index in [1.54, 1.807) is 7.11 Å². The molecule has 0 saturated heterocycles. The van der Waals surface area contributed by atoms with Crippen LogP contribution in [0.1, 0.15) is 15.9 Å². The Morgan fingerprint density at radius 3 is 2.46 bits per heavy atom. The van der Waals surface area contributed by atoms with E-state index in [0.29, 0.717) is 11.9 Å². The second-order valence-corrected chi connectivity index (χ2v) is 5.31. The molecule has 1 N–H and O–H groups in total. The van der Waals surface area contributed by atoms with Gasteiger partial charge in [0.15, 0.2) is 5.88 Å². The van der Waals surface area contributed by atoms with Crippen LogP contribution in [0.3, 0.4) is 0 Å². The molecule has 0 saturated carbocycles. The first kappa shape index (κ1) is 15.9. The van der Waals surface area contributed by atoms with Crippen molar-refractivity contribution in [2.24, 2.45) is 0 Å². The molecule has 3 rings (SSSR count). The maximum atomic E-state index is 14.5. The fraction of sp³-hybridized carbons (Fsp3) is 0.167. The van der Waals surface area contributed by atoms with Crippen molar-refractivity contribution in [1.29, 1.82) is 0 Å². The quantitative estimate of drug-likeness (QED) is 0.746. The number of carbonyl (C=O) groups excluding carboxylic acids is 1. The summed E-state index contributed by atoms with van der Waals surface area (Å²) in [4.78, 5) is 11.6. The van der Waals surface area contributed by atoms with Crippen molar-refractivity contribution in [3.8, 4) is 11.6 Å². The number of aromatic hydroxyl groups is 1. The van der Waals surface area contributed by atoms with Crippen molar-refractivity contribution in [1.82, 2.24) is 4.57 Å². The van der Waals surface area contributed by atoms with Gasteiger partial charge in [-0.2, -0.15) is 0 Å². The summed E-state index contributed by atoms with van der Waals surface area (Å²) in [6.45, 7) is 0.359. The predicted molar refractivity (Wildman–Crippen MR) is 87.0 cm³/mol. The van der Waals surface area contributed by atoms with E-state index in [2.05, 4.69) is 4.74 Å². The Hall–Kier alpha value is -3.02. The van der Waals surface area contributed by atoms with Crippen LogP contribution in [-0.4, -0.2) is 29.9 Å². The summed E-state index contributed by atoms with van der Waals surface area (Å²) in [6.07, 6.45) is 1.48. The average molecular weight is 329 g/mol. The summed E-state index contributed by atoms with van der Waals surface area (Å²) in [7, 11) is 2.78. The van der Waals surface area contributed by atoms with Gasteiger partial charge in [-0.25, -0.2) is 9.18 Å². The van der Waals surface area contributed by atoms with Crippen LogP contribution < -0.4 is 4.74 Å². The summed E-state index contributed by atoms with van der Waals surface area (Å²) >= 11 is 0. The van der Waals surface area contributed by atoms with Gasteiger partial charge in [0.25, 0.3) is 0 Å². The Kier molecular flexibility index (Phi) is 4.12. The van der Waals surface area contributed by atoms with Crippen LogP contribution in [0.4, 0.5) is 4.39 Å². The van der Waals surface area contributed by atoms with Gasteiger partial charge in [-0.05, 0) is 29.8 Å². The van der Waals surface area contributed by atoms with Crippen LogP contribution >= 0.6 is 0 Å². The number of hydrogen-bond acceptors (Lipinski definition) is 4. The molecule has 6 heteroatoms. The Bertz CT molecular complexity index is 900. The lowest BCUT2D eigenvalue weighted by molar-refractivity contribution is 0.0596. The molecule has 3 aromatic rings. The number of benzene rings is 2. The first-order valence-electron chi connectivity index (χ1n) is 7.26. The third-order valence-corrected chi connectivity index (χ3v) is 3.89. The van der Waals surface area contributed by atoms with Gasteiger partial charge < -0.3 is 19.1 Å². The summed E-state index contributed by atoms with van der Waals surface area (Å²) < 4.78 is 25.7. The fourth-order valence-electron chi connectivity index (χ4n) is 2.60. The van der Waals surface area contributed by atoms with E-state index in [1.807, 2.05) is 24.3 Å². The van der Waals surface area contributed by atoms with Crippen LogP contribution in [0.15, 0.2) is 42.6 Å². The Morgan fingerprint density at radius 1 is 1.12 bits per heavy atom. The molecule has 0 unspecified atom stereocenters.